The Kier molecular flexibility index (Phi) is 7.87. The molecule has 3 amide bonds. The normalized spacial score (nSPS) is 20.8. The highest BCUT2D eigenvalue weighted by atomic mass is 32.2. The second-order valence-corrected chi connectivity index (χ2v) is 10.7. The fourth-order valence-corrected chi connectivity index (χ4v) is 6.07. The molecule has 0 aromatic carbocycles. The summed E-state index contributed by atoms with van der Waals surface area (Å²) in [6.07, 6.45) is 4.59. The number of nitrogens with zero attached hydrogens (tertiary/aromatic N) is 5. The lowest BCUT2D eigenvalue weighted by Crippen LogP contribution is -2.40. The molecule has 5 rings (SSSR count). The van der Waals surface area contributed by atoms with E-state index < -0.39 is 12.1 Å². The largest absolute Gasteiger partial charge is 0.380 e. The molecule has 0 spiro atoms. The van der Waals surface area contributed by atoms with E-state index in [-0.39, 0.29) is 23.4 Å². The van der Waals surface area contributed by atoms with Gasteiger partial charge in [0.15, 0.2) is 6.29 Å². The van der Waals surface area contributed by atoms with Crippen molar-refractivity contribution in [1.82, 2.24) is 14.9 Å². The number of nitriles is 1. The predicted octanol–water partition coefficient (Wildman–Crippen LogP) is 2.77. The lowest BCUT2D eigenvalue weighted by molar-refractivity contribution is -0.136. The Balaban J connectivity index is 1.34. The van der Waals surface area contributed by atoms with Gasteiger partial charge in [0.05, 0.1) is 12.2 Å². The summed E-state index contributed by atoms with van der Waals surface area (Å²) in [6, 6.07) is 5.32. The number of hydrogen-bond acceptors (Lipinski definition) is 9. The maximum atomic E-state index is 13.3. The van der Waals surface area contributed by atoms with Crippen LogP contribution in [0.15, 0.2) is 23.2 Å². The zero-order valence-electron chi connectivity index (χ0n) is 21.0. The van der Waals surface area contributed by atoms with Crippen LogP contribution < -0.4 is 10.2 Å². The van der Waals surface area contributed by atoms with Crippen molar-refractivity contribution in [3.8, 4) is 6.07 Å². The SMILES string of the molecule is COC1CCN(Cc2cc3c(nc2C=O)N(C(=O)Nc2cc(S[C@H]4CCOC4)c(C#N)cn2)CCC3)C1=O. The number of pyridine rings is 2. The summed E-state index contributed by atoms with van der Waals surface area (Å²) in [5.74, 6) is 0.652. The Labute approximate surface area is 224 Å². The Bertz CT molecular complexity index is 1290. The first kappa shape index (κ1) is 26.1. The quantitative estimate of drug-likeness (QED) is 0.529. The van der Waals surface area contributed by atoms with E-state index in [0.717, 1.165) is 23.3 Å². The topological polar surface area (TPSA) is 138 Å². The molecular weight excluding hydrogens is 508 g/mol. The van der Waals surface area contributed by atoms with Gasteiger partial charge in [0.25, 0.3) is 5.91 Å². The van der Waals surface area contributed by atoms with Crippen LogP contribution in [0.1, 0.15) is 46.4 Å². The molecule has 198 valence electrons. The third-order valence-electron chi connectivity index (χ3n) is 6.93. The first-order chi connectivity index (χ1) is 18.5. The molecule has 0 radical (unpaired) electrons. The summed E-state index contributed by atoms with van der Waals surface area (Å²) < 4.78 is 10.7. The fourth-order valence-electron chi connectivity index (χ4n) is 4.92. The van der Waals surface area contributed by atoms with Crippen molar-refractivity contribution in [2.75, 3.05) is 43.6 Å². The molecule has 0 saturated carbocycles. The van der Waals surface area contributed by atoms with Gasteiger partial charge in [0.1, 0.15) is 29.5 Å². The highest BCUT2D eigenvalue weighted by Crippen LogP contribution is 2.33. The number of ether oxygens (including phenoxy) is 2. The smallest absolute Gasteiger partial charge is 0.328 e. The number of anilines is 2. The number of aryl methyl sites for hydroxylation is 1. The van der Waals surface area contributed by atoms with Crippen LogP contribution in [-0.4, -0.2) is 77.9 Å². The summed E-state index contributed by atoms with van der Waals surface area (Å²) >= 11 is 1.55. The van der Waals surface area contributed by atoms with E-state index in [0.29, 0.717) is 68.2 Å². The number of aromatic nitrogens is 2. The second kappa shape index (κ2) is 11.5. The van der Waals surface area contributed by atoms with Crippen LogP contribution in [0, 0.1) is 11.3 Å². The first-order valence-corrected chi connectivity index (χ1v) is 13.4. The number of rotatable bonds is 7. The van der Waals surface area contributed by atoms with Gasteiger partial charge < -0.3 is 14.4 Å². The fraction of sp³-hybridized carbons (Fsp3) is 0.462. The lowest BCUT2D eigenvalue weighted by atomic mass is 10.0. The minimum absolute atomic E-state index is 0.101. The minimum Gasteiger partial charge on any atom is -0.380 e. The molecule has 38 heavy (non-hydrogen) atoms. The molecule has 0 bridgehead atoms. The molecule has 1 N–H and O–H groups in total. The van der Waals surface area contributed by atoms with Gasteiger partial charge in [-0.05, 0) is 37.0 Å². The number of methoxy groups -OCH3 is 1. The van der Waals surface area contributed by atoms with Gasteiger partial charge in [-0.2, -0.15) is 5.26 Å². The lowest BCUT2D eigenvalue weighted by Gasteiger charge is -2.29. The Morgan fingerprint density at radius 1 is 1.37 bits per heavy atom. The van der Waals surface area contributed by atoms with Crippen molar-refractivity contribution in [3.63, 3.8) is 0 Å². The Hall–Kier alpha value is -3.53. The number of hydrogen-bond donors (Lipinski definition) is 1. The average molecular weight is 537 g/mol. The van der Waals surface area contributed by atoms with E-state index in [2.05, 4.69) is 21.4 Å². The number of urea groups is 1. The molecule has 3 aliphatic rings. The molecular formula is C26H28N6O5S. The van der Waals surface area contributed by atoms with Gasteiger partial charge in [0.2, 0.25) is 0 Å². The summed E-state index contributed by atoms with van der Waals surface area (Å²) in [4.78, 5) is 50.5. The van der Waals surface area contributed by atoms with Gasteiger partial charge in [-0.1, -0.05) is 0 Å². The average Bonchev–Trinajstić information content (AvgIpc) is 3.57. The molecule has 2 saturated heterocycles. The molecule has 1 unspecified atom stereocenters. The molecule has 11 nitrogen and oxygen atoms in total. The van der Waals surface area contributed by atoms with Crippen molar-refractivity contribution in [2.24, 2.45) is 0 Å². The van der Waals surface area contributed by atoms with E-state index in [1.54, 1.807) is 22.7 Å². The minimum atomic E-state index is -0.458. The molecule has 0 aliphatic carbocycles. The number of aldehydes is 1. The van der Waals surface area contributed by atoms with E-state index in [4.69, 9.17) is 9.47 Å². The van der Waals surface area contributed by atoms with Crippen LogP contribution in [0.3, 0.4) is 0 Å². The number of thioether (sulfide) groups is 1. The molecule has 2 aromatic rings. The number of nitrogens with one attached hydrogen (secondary N) is 1. The predicted molar refractivity (Wildman–Crippen MR) is 139 cm³/mol. The first-order valence-electron chi connectivity index (χ1n) is 12.5. The second-order valence-electron chi connectivity index (χ2n) is 9.37. The molecule has 2 atom stereocenters. The number of fused-ring (bicyclic) bond motifs is 1. The Morgan fingerprint density at radius 3 is 2.95 bits per heavy atom. The van der Waals surface area contributed by atoms with Crippen LogP contribution in [-0.2, 0) is 27.2 Å². The maximum Gasteiger partial charge on any atom is 0.328 e. The number of amides is 3. The highest BCUT2D eigenvalue weighted by Gasteiger charge is 2.33. The summed E-state index contributed by atoms with van der Waals surface area (Å²) in [7, 11) is 1.51. The van der Waals surface area contributed by atoms with Crippen LogP contribution in [0.5, 0.6) is 0 Å². The molecule has 2 fully saturated rings. The van der Waals surface area contributed by atoms with Crippen molar-refractivity contribution in [3.05, 3.63) is 40.7 Å². The van der Waals surface area contributed by atoms with Gasteiger partial charge in [-0.15, -0.1) is 11.8 Å². The third kappa shape index (κ3) is 5.36. The van der Waals surface area contributed by atoms with E-state index in [1.807, 2.05) is 6.07 Å². The third-order valence-corrected chi connectivity index (χ3v) is 8.23. The van der Waals surface area contributed by atoms with E-state index >= 15 is 0 Å². The maximum absolute atomic E-state index is 13.3. The Morgan fingerprint density at radius 2 is 2.24 bits per heavy atom. The molecule has 12 heteroatoms. The van der Waals surface area contributed by atoms with Crippen LogP contribution in [0.2, 0.25) is 0 Å². The van der Waals surface area contributed by atoms with Gasteiger partial charge >= 0.3 is 6.03 Å². The van der Waals surface area contributed by atoms with Gasteiger partial charge in [-0.3, -0.25) is 19.8 Å². The number of carbonyl (C=O) groups is 3. The van der Waals surface area contributed by atoms with E-state index in [9.17, 15) is 19.6 Å². The monoisotopic (exact) mass is 536 g/mol. The molecule has 2 aromatic heterocycles. The van der Waals surface area contributed by atoms with Gasteiger partial charge in [-0.25, -0.2) is 14.8 Å². The summed E-state index contributed by atoms with van der Waals surface area (Å²) in [6.45, 7) is 2.56. The van der Waals surface area contributed by atoms with Crippen LogP contribution >= 0.6 is 11.8 Å². The molecule has 3 aliphatic heterocycles. The van der Waals surface area contributed by atoms with Crippen molar-refractivity contribution < 1.29 is 23.9 Å². The summed E-state index contributed by atoms with van der Waals surface area (Å²) in [5.41, 5.74) is 2.14. The van der Waals surface area contributed by atoms with E-state index in [1.165, 1.54) is 18.2 Å². The van der Waals surface area contributed by atoms with Crippen LogP contribution in [0.4, 0.5) is 16.4 Å². The van der Waals surface area contributed by atoms with Crippen molar-refractivity contribution in [1.29, 1.82) is 5.26 Å². The standard InChI is InChI=1S/C26H28N6O5S/c1-36-21-4-7-31(25(21)34)13-17-9-16-3-2-6-32(24(16)29-20(17)14-33)26(35)30-23-10-22(18(11-27)12-28-23)38-19-5-8-37-15-19/h9-10,12,14,19,21H,2-8,13,15H2,1H3,(H,28,30,35)/t19-,21?/m0/s1. The van der Waals surface area contributed by atoms with Crippen LogP contribution in [0.25, 0.3) is 0 Å². The zero-order chi connectivity index (χ0) is 26.6. The number of likely N-dealkylation sites (tertiary alicyclic amines) is 1. The number of carbonyl (C=O) groups excluding carboxylic acids is 3. The zero-order valence-corrected chi connectivity index (χ0v) is 21.8. The highest BCUT2D eigenvalue weighted by molar-refractivity contribution is 8.00. The van der Waals surface area contributed by atoms with Crippen molar-refractivity contribution in [2.45, 2.75) is 48.5 Å². The summed E-state index contributed by atoms with van der Waals surface area (Å²) in [5, 5.41) is 12.6. The van der Waals surface area contributed by atoms with Crippen molar-refractivity contribution >= 4 is 41.6 Å². The molecule has 5 heterocycles. The van der Waals surface area contributed by atoms with Gasteiger partial charge in [0, 0.05) is 61.7 Å².